The van der Waals surface area contributed by atoms with Crippen LogP contribution in [0.2, 0.25) is 0 Å². The Bertz CT molecular complexity index is 120. The van der Waals surface area contributed by atoms with Crippen molar-refractivity contribution in [2.45, 2.75) is 18.5 Å². The third kappa shape index (κ3) is 5.14. The molecule has 0 spiro atoms. The van der Waals surface area contributed by atoms with E-state index in [9.17, 15) is 0 Å². The largest absolute Gasteiger partial charge is 0.394 e. The van der Waals surface area contributed by atoms with Gasteiger partial charge in [-0.15, -0.1) is 0 Å². The van der Waals surface area contributed by atoms with Gasteiger partial charge in [0.1, 0.15) is 12.2 Å². The maximum atomic E-state index is 9.16. The Kier molecular flexibility index (Phi) is 7.06. The van der Waals surface area contributed by atoms with Crippen molar-refractivity contribution in [1.29, 1.82) is 0 Å². The molecule has 0 aliphatic heterocycles. The van der Waals surface area contributed by atoms with Gasteiger partial charge in [-0.1, -0.05) is 0 Å². The summed E-state index contributed by atoms with van der Waals surface area (Å²) < 4.78 is 9.11. The third-order valence-electron chi connectivity index (χ3n) is 1.40. The van der Waals surface area contributed by atoms with Crippen LogP contribution >= 0.6 is 0 Å². The van der Waals surface area contributed by atoms with Gasteiger partial charge in [0.25, 0.3) is 0 Å². The topological polar surface area (TPSA) is 99.4 Å². The molecular weight excluding hydrogens is 180 g/mol. The van der Waals surface area contributed by atoms with E-state index in [-0.39, 0.29) is 19.8 Å². The SMILES string of the molecule is COCC(O)C(O)[C@H](O)OCCO. The van der Waals surface area contributed by atoms with Crippen molar-refractivity contribution < 1.29 is 29.9 Å². The van der Waals surface area contributed by atoms with Crippen LogP contribution in [-0.4, -0.2) is 65.9 Å². The summed E-state index contributed by atoms with van der Waals surface area (Å²) in [6.07, 6.45) is -4.16. The molecule has 0 aromatic carbocycles. The predicted molar refractivity (Wildman–Crippen MR) is 42.9 cm³/mol. The first-order valence-electron chi connectivity index (χ1n) is 3.89. The van der Waals surface area contributed by atoms with Crippen LogP contribution in [0.4, 0.5) is 0 Å². The van der Waals surface area contributed by atoms with Gasteiger partial charge in [-0.2, -0.15) is 0 Å². The van der Waals surface area contributed by atoms with E-state index in [0.29, 0.717) is 0 Å². The monoisotopic (exact) mass is 196 g/mol. The number of rotatable bonds is 7. The highest BCUT2D eigenvalue weighted by molar-refractivity contribution is 4.68. The minimum atomic E-state index is -1.52. The van der Waals surface area contributed by atoms with E-state index in [4.69, 9.17) is 20.4 Å². The lowest BCUT2D eigenvalue weighted by Gasteiger charge is -2.21. The van der Waals surface area contributed by atoms with Crippen molar-refractivity contribution in [3.8, 4) is 0 Å². The lowest BCUT2D eigenvalue weighted by molar-refractivity contribution is -0.196. The number of hydrogen-bond donors (Lipinski definition) is 4. The Labute approximate surface area is 76.3 Å². The summed E-state index contributed by atoms with van der Waals surface area (Å²) in [4.78, 5) is 0. The van der Waals surface area contributed by atoms with Crippen LogP contribution in [-0.2, 0) is 9.47 Å². The van der Waals surface area contributed by atoms with Gasteiger partial charge in [-0.05, 0) is 0 Å². The van der Waals surface area contributed by atoms with Gasteiger partial charge in [0.15, 0.2) is 6.29 Å². The minimum Gasteiger partial charge on any atom is -0.394 e. The molecule has 80 valence electrons. The fourth-order valence-electron chi connectivity index (χ4n) is 0.731. The highest BCUT2D eigenvalue weighted by Gasteiger charge is 2.24. The van der Waals surface area contributed by atoms with E-state index in [1.165, 1.54) is 7.11 Å². The molecule has 3 atom stereocenters. The molecule has 4 N–H and O–H groups in total. The van der Waals surface area contributed by atoms with Crippen molar-refractivity contribution in [3.63, 3.8) is 0 Å². The van der Waals surface area contributed by atoms with Crippen LogP contribution in [0.5, 0.6) is 0 Å². The third-order valence-corrected chi connectivity index (χ3v) is 1.40. The van der Waals surface area contributed by atoms with Gasteiger partial charge in [-0.25, -0.2) is 0 Å². The van der Waals surface area contributed by atoms with E-state index in [1.54, 1.807) is 0 Å². The summed E-state index contributed by atoms with van der Waals surface area (Å²) in [6.45, 7) is -0.456. The Morgan fingerprint density at radius 2 is 1.85 bits per heavy atom. The summed E-state index contributed by atoms with van der Waals surface area (Å²) >= 11 is 0. The Balaban J connectivity index is 3.71. The summed E-state index contributed by atoms with van der Waals surface area (Å²) in [5, 5.41) is 35.6. The van der Waals surface area contributed by atoms with Crippen LogP contribution in [0.1, 0.15) is 0 Å². The fraction of sp³-hybridized carbons (Fsp3) is 1.00. The standard InChI is InChI=1S/C7H16O6/c1-12-4-5(9)6(10)7(11)13-3-2-8/h5-11H,2-4H2,1H3/t5?,6?,7-/m1/s1. The van der Waals surface area contributed by atoms with Crippen molar-refractivity contribution in [3.05, 3.63) is 0 Å². The number of ether oxygens (including phenoxy) is 2. The highest BCUT2D eigenvalue weighted by atomic mass is 16.6. The molecule has 6 nitrogen and oxygen atoms in total. The zero-order chi connectivity index (χ0) is 10.3. The van der Waals surface area contributed by atoms with Gasteiger partial charge in [0.05, 0.1) is 19.8 Å². The maximum Gasteiger partial charge on any atom is 0.183 e. The maximum absolute atomic E-state index is 9.16. The first-order valence-corrected chi connectivity index (χ1v) is 3.89. The lowest BCUT2D eigenvalue weighted by atomic mass is 10.2. The summed E-state index contributed by atoms with van der Waals surface area (Å²) in [5.74, 6) is 0. The van der Waals surface area contributed by atoms with Crippen LogP contribution in [0.3, 0.4) is 0 Å². The van der Waals surface area contributed by atoms with Gasteiger partial charge in [-0.3, -0.25) is 0 Å². The molecule has 0 aliphatic rings. The quantitative estimate of drug-likeness (QED) is 0.341. The number of aliphatic hydroxyl groups is 4. The first-order chi connectivity index (χ1) is 6.13. The molecule has 0 bridgehead atoms. The molecule has 0 radical (unpaired) electrons. The van der Waals surface area contributed by atoms with E-state index < -0.39 is 18.5 Å². The van der Waals surface area contributed by atoms with E-state index in [2.05, 4.69) is 9.47 Å². The van der Waals surface area contributed by atoms with Gasteiger partial charge in [0.2, 0.25) is 0 Å². The zero-order valence-electron chi connectivity index (χ0n) is 7.46. The molecule has 6 heteroatoms. The van der Waals surface area contributed by atoms with Crippen LogP contribution in [0, 0.1) is 0 Å². The summed E-state index contributed by atoms with van der Waals surface area (Å²) in [6, 6.07) is 0. The molecule has 0 rings (SSSR count). The molecule has 0 heterocycles. The molecule has 2 unspecified atom stereocenters. The van der Waals surface area contributed by atoms with E-state index in [1.807, 2.05) is 0 Å². The highest BCUT2D eigenvalue weighted by Crippen LogP contribution is 2.02. The second-order valence-corrected chi connectivity index (χ2v) is 2.50. The van der Waals surface area contributed by atoms with Gasteiger partial charge < -0.3 is 29.9 Å². The lowest BCUT2D eigenvalue weighted by Crippen LogP contribution is -2.41. The predicted octanol–water partition coefficient (Wildman–Crippen LogP) is -2.32. The Hall–Kier alpha value is -0.240. The fourth-order valence-corrected chi connectivity index (χ4v) is 0.731. The number of hydrogen-bond acceptors (Lipinski definition) is 6. The van der Waals surface area contributed by atoms with Crippen LogP contribution < -0.4 is 0 Å². The zero-order valence-corrected chi connectivity index (χ0v) is 7.46. The summed E-state index contributed by atoms with van der Waals surface area (Å²) in [7, 11) is 1.36. The van der Waals surface area contributed by atoms with Crippen molar-refractivity contribution >= 4 is 0 Å². The molecule has 13 heavy (non-hydrogen) atoms. The van der Waals surface area contributed by atoms with Crippen LogP contribution in [0.15, 0.2) is 0 Å². The summed E-state index contributed by atoms with van der Waals surface area (Å²) in [5.41, 5.74) is 0. The second kappa shape index (κ2) is 7.19. The molecular formula is C7H16O6. The molecule has 0 aromatic heterocycles. The minimum absolute atomic E-state index is 0.0965. The van der Waals surface area contributed by atoms with E-state index >= 15 is 0 Å². The molecule has 0 amide bonds. The second-order valence-electron chi connectivity index (χ2n) is 2.50. The Morgan fingerprint density at radius 3 is 2.31 bits per heavy atom. The van der Waals surface area contributed by atoms with Crippen molar-refractivity contribution in [2.24, 2.45) is 0 Å². The molecule has 0 saturated carbocycles. The first kappa shape index (κ1) is 12.8. The van der Waals surface area contributed by atoms with Crippen molar-refractivity contribution in [1.82, 2.24) is 0 Å². The Morgan fingerprint density at radius 1 is 1.23 bits per heavy atom. The van der Waals surface area contributed by atoms with Crippen molar-refractivity contribution in [2.75, 3.05) is 26.9 Å². The average Bonchev–Trinajstić information content (AvgIpc) is 2.13. The molecule has 0 aliphatic carbocycles. The smallest absolute Gasteiger partial charge is 0.183 e. The average molecular weight is 196 g/mol. The molecule has 0 aromatic rings. The number of aliphatic hydroxyl groups excluding tert-OH is 4. The van der Waals surface area contributed by atoms with Gasteiger partial charge in [0, 0.05) is 7.11 Å². The van der Waals surface area contributed by atoms with Crippen LogP contribution in [0.25, 0.3) is 0 Å². The van der Waals surface area contributed by atoms with E-state index in [0.717, 1.165) is 0 Å². The molecule has 0 fully saturated rings. The van der Waals surface area contributed by atoms with Gasteiger partial charge >= 0.3 is 0 Å². The molecule has 0 saturated heterocycles. The number of methoxy groups -OCH3 is 1. The normalized spacial score (nSPS) is 18.2.